The number of hydrogen-bond acceptors (Lipinski definition) is 3. The van der Waals surface area contributed by atoms with Crippen LogP contribution in [0, 0.1) is 11.3 Å². The summed E-state index contributed by atoms with van der Waals surface area (Å²) in [6.45, 7) is 2.15. The fourth-order valence-electron chi connectivity index (χ4n) is 3.37. The lowest BCUT2D eigenvalue weighted by Gasteiger charge is -2.28. The maximum Gasteiger partial charge on any atom is 0.0975 e. The minimum Gasteiger partial charge on any atom is -0.401 e. The molecule has 1 atom stereocenters. The summed E-state index contributed by atoms with van der Waals surface area (Å²) >= 11 is 0. The Morgan fingerprint density at radius 3 is 2.46 bits per heavy atom. The summed E-state index contributed by atoms with van der Waals surface area (Å²) in [6.07, 6.45) is 1.65. The summed E-state index contributed by atoms with van der Waals surface area (Å²) in [4.78, 5) is 2.09. The van der Waals surface area contributed by atoms with Crippen molar-refractivity contribution in [3.05, 3.63) is 76.0 Å². The Kier molecular flexibility index (Phi) is 4.31. The van der Waals surface area contributed by atoms with Crippen LogP contribution < -0.4 is 10.6 Å². The van der Waals surface area contributed by atoms with Crippen LogP contribution in [0.2, 0.25) is 0 Å². The number of fused-ring (bicyclic) bond motifs is 1. The lowest BCUT2D eigenvalue weighted by Crippen LogP contribution is -2.20. The molecule has 2 aromatic carbocycles. The van der Waals surface area contributed by atoms with Gasteiger partial charge in [-0.2, -0.15) is 5.26 Å². The number of allylic oxidation sites excluding steroid dienone is 2. The Balaban J connectivity index is 2.14. The maximum atomic E-state index is 9.67. The molecule has 0 bridgehead atoms. The third-order valence-corrected chi connectivity index (χ3v) is 4.81. The molecule has 0 amide bonds. The highest BCUT2D eigenvalue weighted by Gasteiger charge is 2.28. The molecule has 0 saturated carbocycles. The van der Waals surface area contributed by atoms with Gasteiger partial charge in [-0.1, -0.05) is 37.3 Å². The Labute approximate surface area is 144 Å². The second-order valence-electron chi connectivity index (χ2n) is 6.53. The van der Waals surface area contributed by atoms with Gasteiger partial charge in [0.05, 0.1) is 11.6 Å². The van der Waals surface area contributed by atoms with Crippen molar-refractivity contribution in [2.45, 2.75) is 25.7 Å². The molecule has 3 nitrogen and oxygen atoms in total. The summed E-state index contributed by atoms with van der Waals surface area (Å²) in [5.41, 5.74) is 13.6. The standard InChI is InChI=1S/C21H23N3/c1-4-14-5-7-15(8-6-14)21-18-10-9-17(24(2)3)11-16(18)12-20(23)19(21)13-22/h5-11,21H,4,12,23H2,1-3H3. The molecule has 3 rings (SSSR count). The first-order valence-electron chi connectivity index (χ1n) is 8.32. The van der Waals surface area contributed by atoms with Crippen LogP contribution in [-0.4, -0.2) is 14.1 Å². The van der Waals surface area contributed by atoms with Gasteiger partial charge in [0.2, 0.25) is 0 Å². The van der Waals surface area contributed by atoms with E-state index in [1.807, 2.05) is 14.1 Å². The van der Waals surface area contributed by atoms with E-state index in [4.69, 9.17) is 5.73 Å². The highest BCUT2D eigenvalue weighted by atomic mass is 15.1. The van der Waals surface area contributed by atoms with Crippen molar-refractivity contribution < 1.29 is 0 Å². The van der Waals surface area contributed by atoms with Crippen LogP contribution in [0.1, 0.15) is 35.1 Å². The minimum absolute atomic E-state index is 0.0686. The summed E-state index contributed by atoms with van der Waals surface area (Å²) < 4.78 is 0. The fourth-order valence-corrected chi connectivity index (χ4v) is 3.37. The molecule has 1 aliphatic carbocycles. The maximum absolute atomic E-state index is 9.67. The van der Waals surface area contributed by atoms with E-state index in [0.29, 0.717) is 17.7 Å². The third-order valence-electron chi connectivity index (χ3n) is 4.81. The molecule has 0 aromatic heterocycles. The molecule has 2 N–H and O–H groups in total. The topological polar surface area (TPSA) is 53.1 Å². The Morgan fingerprint density at radius 1 is 1.17 bits per heavy atom. The molecule has 1 aliphatic rings. The van der Waals surface area contributed by atoms with Crippen LogP contribution in [0.5, 0.6) is 0 Å². The molecule has 0 fully saturated rings. The fraction of sp³-hybridized carbons (Fsp3) is 0.286. The average molecular weight is 317 g/mol. The molecule has 24 heavy (non-hydrogen) atoms. The molecule has 3 heteroatoms. The first-order valence-corrected chi connectivity index (χ1v) is 8.32. The van der Waals surface area contributed by atoms with Gasteiger partial charge in [0, 0.05) is 37.8 Å². The van der Waals surface area contributed by atoms with E-state index in [9.17, 15) is 5.26 Å². The SMILES string of the molecule is CCc1ccc(C2C(C#N)=C(N)Cc3cc(N(C)C)ccc32)cc1. The Morgan fingerprint density at radius 2 is 1.88 bits per heavy atom. The van der Waals surface area contributed by atoms with E-state index >= 15 is 0 Å². The van der Waals surface area contributed by atoms with Gasteiger partial charge in [0.25, 0.3) is 0 Å². The van der Waals surface area contributed by atoms with Gasteiger partial charge in [0.1, 0.15) is 0 Å². The molecule has 1 unspecified atom stereocenters. The number of nitriles is 1. The van der Waals surface area contributed by atoms with E-state index in [0.717, 1.165) is 17.7 Å². The lowest BCUT2D eigenvalue weighted by atomic mass is 9.76. The van der Waals surface area contributed by atoms with Gasteiger partial charge in [-0.3, -0.25) is 0 Å². The van der Waals surface area contributed by atoms with Crippen LogP contribution in [-0.2, 0) is 12.8 Å². The molecular weight excluding hydrogens is 294 g/mol. The number of anilines is 1. The van der Waals surface area contributed by atoms with E-state index in [1.165, 1.54) is 16.7 Å². The smallest absolute Gasteiger partial charge is 0.0975 e. The van der Waals surface area contributed by atoms with Crippen molar-refractivity contribution in [1.82, 2.24) is 0 Å². The number of aryl methyl sites for hydroxylation is 1. The summed E-state index contributed by atoms with van der Waals surface area (Å²) in [7, 11) is 4.07. The summed E-state index contributed by atoms with van der Waals surface area (Å²) in [6, 6.07) is 17.3. The predicted octanol–water partition coefficient (Wildman–Crippen LogP) is 3.74. The van der Waals surface area contributed by atoms with E-state index < -0.39 is 0 Å². The van der Waals surface area contributed by atoms with Crippen molar-refractivity contribution in [2.75, 3.05) is 19.0 Å². The van der Waals surface area contributed by atoms with Crippen LogP contribution in [0.15, 0.2) is 53.7 Å². The number of rotatable bonds is 3. The molecule has 0 saturated heterocycles. The number of benzene rings is 2. The van der Waals surface area contributed by atoms with Crippen molar-refractivity contribution in [3.8, 4) is 6.07 Å². The van der Waals surface area contributed by atoms with Crippen LogP contribution in [0.3, 0.4) is 0 Å². The zero-order valence-electron chi connectivity index (χ0n) is 14.5. The zero-order chi connectivity index (χ0) is 17.3. The lowest BCUT2D eigenvalue weighted by molar-refractivity contribution is 0.865. The van der Waals surface area contributed by atoms with Gasteiger partial charge in [0.15, 0.2) is 0 Å². The van der Waals surface area contributed by atoms with Crippen molar-refractivity contribution in [3.63, 3.8) is 0 Å². The van der Waals surface area contributed by atoms with Gasteiger partial charge in [-0.25, -0.2) is 0 Å². The van der Waals surface area contributed by atoms with Crippen LogP contribution in [0.25, 0.3) is 0 Å². The van der Waals surface area contributed by atoms with Crippen molar-refractivity contribution in [2.24, 2.45) is 5.73 Å². The second-order valence-corrected chi connectivity index (χ2v) is 6.53. The monoisotopic (exact) mass is 317 g/mol. The largest absolute Gasteiger partial charge is 0.401 e. The van der Waals surface area contributed by atoms with E-state index in [2.05, 4.69) is 60.4 Å². The highest BCUT2D eigenvalue weighted by molar-refractivity contribution is 5.60. The van der Waals surface area contributed by atoms with Crippen LogP contribution in [0.4, 0.5) is 5.69 Å². The highest BCUT2D eigenvalue weighted by Crippen LogP contribution is 2.40. The number of nitrogens with two attached hydrogens (primary N) is 1. The minimum atomic E-state index is -0.0686. The van der Waals surface area contributed by atoms with Crippen molar-refractivity contribution >= 4 is 5.69 Å². The summed E-state index contributed by atoms with van der Waals surface area (Å²) in [5, 5.41) is 9.67. The molecule has 0 heterocycles. The number of nitrogens with zero attached hydrogens (tertiary/aromatic N) is 2. The molecule has 122 valence electrons. The molecule has 0 aliphatic heterocycles. The van der Waals surface area contributed by atoms with Crippen LogP contribution >= 0.6 is 0 Å². The zero-order valence-corrected chi connectivity index (χ0v) is 14.5. The normalized spacial score (nSPS) is 16.5. The van der Waals surface area contributed by atoms with E-state index in [1.54, 1.807) is 0 Å². The van der Waals surface area contributed by atoms with Crippen molar-refractivity contribution in [1.29, 1.82) is 5.26 Å². The molecular formula is C21H23N3. The Hall–Kier alpha value is -2.73. The van der Waals surface area contributed by atoms with Gasteiger partial charge in [-0.05, 0) is 40.8 Å². The number of hydrogen-bond donors (Lipinski definition) is 1. The average Bonchev–Trinajstić information content (AvgIpc) is 2.60. The second kappa shape index (κ2) is 6.41. The predicted molar refractivity (Wildman–Crippen MR) is 99.0 cm³/mol. The molecule has 0 radical (unpaired) electrons. The molecule has 0 spiro atoms. The quantitative estimate of drug-likeness (QED) is 0.938. The molecule has 2 aromatic rings. The summed E-state index contributed by atoms with van der Waals surface area (Å²) in [5.74, 6) is -0.0686. The third kappa shape index (κ3) is 2.76. The first-order chi connectivity index (χ1) is 11.5. The first kappa shape index (κ1) is 16.1. The van der Waals surface area contributed by atoms with Gasteiger partial charge < -0.3 is 10.6 Å². The Bertz CT molecular complexity index is 823. The van der Waals surface area contributed by atoms with Gasteiger partial charge >= 0.3 is 0 Å². The van der Waals surface area contributed by atoms with Gasteiger partial charge in [-0.15, -0.1) is 0 Å². The van der Waals surface area contributed by atoms with E-state index in [-0.39, 0.29) is 5.92 Å².